The van der Waals surface area contributed by atoms with E-state index in [9.17, 15) is 9.65 Å². The molecule has 0 aliphatic heterocycles. The van der Waals surface area contributed by atoms with E-state index in [-0.39, 0.29) is 11.2 Å². The predicted octanol–water partition coefficient (Wildman–Crippen LogP) is 4.79. The summed E-state index contributed by atoms with van der Waals surface area (Å²) in [6.45, 7) is 4.22. The molecule has 1 aliphatic rings. The van der Waals surface area contributed by atoms with Gasteiger partial charge in [-0.25, -0.2) is 4.39 Å². The average Bonchev–Trinajstić information content (AvgIpc) is 2.44. The van der Waals surface area contributed by atoms with Crippen molar-refractivity contribution in [2.45, 2.75) is 52.4 Å². The van der Waals surface area contributed by atoms with Gasteiger partial charge in [-0.05, 0) is 68.2 Å². The summed E-state index contributed by atoms with van der Waals surface area (Å²) in [6.07, 6.45) is 6.09. The summed E-state index contributed by atoms with van der Waals surface area (Å²) >= 11 is 0. The summed E-state index contributed by atoms with van der Waals surface area (Å²) < 4.78 is 13.4. The summed E-state index contributed by atoms with van der Waals surface area (Å²) in [5.41, 5.74) is 1.81. The number of benzene rings is 1. The van der Waals surface area contributed by atoms with Crippen LogP contribution >= 0.6 is 0 Å². The molecule has 2 heteroatoms. The van der Waals surface area contributed by atoms with Crippen LogP contribution in [-0.4, -0.2) is 0 Å². The maximum Gasteiger partial charge on any atom is 0.123 e. The van der Waals surface area contributed by atoms with Gasteiger partial charge in [-0.2, -0.15) is 5.26 Å². The number of rotatable bonds is 3. The van der Waals surface area contributed by atoms with Gasteiger partial charge in [0.25, 0.3) is 0 Å². The second-order valence-corrected chi connectivity index (χ2v) is 5.99. The number of aryl methyl sites for hydroxylation is 1. The quantitative estimate of drug-likeness (QED) is 0.765. The van der Waals surface area contributed by atoms with E-state index in [2.05, 4.69) is 13.0 Å². The van der Waals surface area contributed by atoms with Crippen LogP contribution in [0.4, 0.5) is 4.39 Å². The fourth-order valence-corrected chi connectivity index (χ4v) is 3.16. The lowest BCUT2D eigenvalue weighted by molar-refractivity contribution is 0.205. The van der Waals surface area contributed by atoms with E-state index in [1.807, 2.05) is 13.0 Å². The zero-order valence-electron chi connectivity index (χ0n) is 11.9. The average molecular weight is 259 g/mol. The summed E-state index contributed by atoms with van der Waals surface area (Å²) in [6, 6.07) is 7.44. The van der Waals surface area contributed by atoms with E-state index in [1.54, 1.807) is 6.07 Å². The topological polar surface area (TPSA) is 23.8 Å². The zero-order chi connectivity index (χ0) is 13.9. The predicted molar refractivity (Wildman–Crippen MR) is 75.1 cm³/mol. The Hall–Kier alpha value is -1.36. The van der Waals surface area contributed by atoms with Crippen molar-refractivity contribution in [1.29, 1.82) is 5.26 Å². The normalized spacial score (nSPS) is 26.9. The Kier molecular flexibility index (Phi) is 4.24. The van der Waals surface area contributed by atoms with Crippen molar-refractivity contribution in [3.63, 3.8) is 0 Å². The van der Waals surface area contributed by atoms with Gasteiger partial charge in [0.15, 0.2) is 0 Å². The van der Waals surface area contributed by atoms with Crippen LogP contribution in [0.3, 0.4) is 0 Å². The first-order valence-corrected chi connectivity index (χ1v) is 7.25. The molecule has 0 spiro atoms. The zero-order valence-corrected chi connectivity index (χ0v) is 11.9. The van der Waals surface area contributed by atoms with Crippen LogP contribution < -0.4 is 0 Å². The van der Waals surface area contributed by atoms with Gasteiger partial charge in [0.2, 0.25) is 0 Å². The highest BCUT2D eigenvalue weighted by Crippen LogP contribution is 2.42. The molecule has 0 aromatic heterocycles. The number of nitriles is 1. The molecule has 0 saturated heterocycles. The van der Waals surface area contributed by atoms with Gasteiger partial charge in [0.1, 0.15) is 5.82 Å². The summed E-state index contributed by atoms with van der Waals surface area (Å²) in [7, 11) is 0. The minimum absolute atomic E-state index is 0.198. The van der Waals surface area contributed by atoms with E-state index >= 15 is 0 Å². The highest BCUT2D eigenvalue weighted by atomic mass is 19.1. The number of hydrogen-bond donors (Lipinski definition) is 0. The standard InChI is InChI=1S/C17H22FN/c1-3-14-6-8-17(12-19,9-7-14)11-15-10-16(18)5-4-13(15)2/h4-5,10,14H,3,6-9,11H2,1-2H3. The molecular weight excluding hydrogens is 237 g/mol. The second-order valence-electron chi connectivity index (χ2n) is 5.99. The Morgan fingerprint density at radius 2 is 2.05 bits per heavy atom. The van der Waals surface area contributed by atoms with Gasteiger partial charge in [-0.1, -0.05) is 19.4 Å². The lowest BCUT2D eigenvalue weighted by atomic mass is 9.67. The van der Waals surface area contributed by atoms with Crippen molar-refractivity contribution in [1.82, 2.24) is 0 Å². The van der Waals surface area contributed by atoms with E-state index in [0.29, 0.717) is 6.42 Å². The highest BCUT2D eigenvalue weighted by molar-refractivity contribution is 5.29. The monoisotopic (exact) mass is 259 g/mol. The van der Waals surface area contributed by atoms with Gasteiger partial charge in [0.05, 0.1) is 11.5 Å². The van der Waals surface area contributed by atoms with Crippen LogP contribution in [0.15, 0.2) is 18.2 Å². The molecule has 1 nitrogen and oxygen atoms in total. The van der Waals surface area contributed by atoms with Crippen molar-refractivity contribution in [2.24, 2.45) is 11.3 Å². The van der Waals surface area contributed by atoms with E-state index in [0.717, 1.165) is 42.7 Å². The molecule has 0 bridgehead atoms. The molecule has 1 aromatic rings. The van der Waals surface area contributed by atoms with Crippen molar-refractivity contribution >= 4 is 0 Å². The summed E-state index contributed by atoms with van der Waals surface area (Å²) in [5.74, 6) is 0.575. The first-order valence-electron chi connectivity index (χ1n) is 7.25. The molecule has 0 atom stereocenters. The summed E-state index contributed by atoms with van der Waals surface area (Å²) in [4.78, 5) is 0. The third kappa shape index (κ3) is 3.15. The van der Waals surface area contributed by atoms with Crippen LogP contribution in [0.5, 0.6) is 0 Å². The Balaban J connectivity index is 2.16. The first kappa shape index (κ1) is 14.1. The maximum absolute atomic E-state index is 13.4. The molecule has 1 aliphatic carbocycles. The number of hydrogen-bond acceptors (Lipinski definition) is 1. The number of halogens is 1. The Labute approximate surface area is 115 Å². The van der Waals surface area contributed by atoms with Crippen molar-refractivity contribution < 1.29 is 4.39 Å². The molecule has 2 rings (SSSR count). The van der Waals surface area contributed by atoms with Crippen molar-refractivity contribution in [3.8, 4) is 6.07 Å². The van der Waals surface area contributed by atoms with E-state index < -0.39 is 0 Å². The smallest absolute Gasteiger partial charge is 0.123 e. The van der Waals surface area contributed by atoms with Gasteiger partial charge < -0.3 is 0 Å². The molecule has 1 saturated carbocycles. The van der Waals surface area contributed by atoms with Gasteiger partial charge in [-0.15, -0.1) is 0 Å². The third-order valence-corrected chi connectivity index (χ3v) is 4.72. The van der Waals surface area contributed by atoms with E-state index in [4.69, 9.17) is 0 Å². The molecule has 0 radical (unpaired) electrons. The lowest BCUT2D eigenvalue weighted by Gasteiger charge is -2.35. The van der Waals surface area contributed by atoms with Crippen LogP contribution in [0.2, 0.25) is 0 Å². The van der Waals surface area contributed by atoms with Crippen LogP contribution in [0.1, 0.15) is 50.2 Å². The molecule has 0 unspecified atom stereocenters. The van der Waals surface area contributed by atoms with Crippen LogP contribution in [0, 0.1) is 35.4 Å². The molecule has 0 N–H and O–H groups in total. The Morgan fingerprint density at radius 3 is 2.63 bits per heavy atom. The molecule has 102 valence electrons. The fraction of sp³-hybridized carbons (Fsp3) is 0.588. The lowest BCUT2D eigenvalue weighted by Crippen LogP contribution is -2.28. The van der Waals surface area contributed by atoms with Crippen molar-refractivity contribution in [2.75, 3.05) is 0 Å². The maximum atomic E-state index is 13.4. The molecule has 1 fully saturated rings. The van der Waals surface area contributed by atoms with Gasteiger partial charge in [-0.3, -0.25) is 0 Å². The second kappa shape index (κ2) is 5.74. The van der Waals surface area contributed by atoms with Gasteiger partial charge in [0, 0.05) is 0 Å². The first-order chi connectivity index (χ1) is 9.08. The largest absolute Gasteiger partial charge is 0.207 e. The molecule has 1 aromatic carbocycles. The number of nitrogens with zero attached hydrogens (tertiary/aromatic N) is 1. The van der Waals surface area contributed by atoms with Crippen LogP contribution in [0.25, 0.3) is 0 Å². The van der Waals surface area contributed by atoms with E-state index in [1.165, 1.54) is 12.5 Å². The molecule has 0 heterocycles. The molecule has 0 amide bonds. The summed E-state index contributed by atoms with van der Waals surface area (Å²) in [5, 5.41) is 9.58. The highest BCUT2D eigenvalue weighted by Gasteiger charge is 2.35. The fourth-order valence-electron chi connectivity index (χ4n) is 3.16. The van der Waals surface area contributed by atoms with Crippen LogP contribution in [-0.2, 0) is 6.42 Å². The van der Waals surface area contributed by atoms with Crippen molar-refractivity contribution in [3.05, 3.63) is 35.1 Å². The third-order valence-electron chi connectivity index (χ3n) is 4.72. The SMILES string of the molecule is CCC1CCC(C#N)(Cc2cc(F)ccc2C)CC1. The Morgan fingerprint density at radius 1 is 1.37 bits per heavy atom. The minimum Gasteiger partial charge on any atom is -0.207 e. The molecule has 19 heavy (non-hydrogen) atoms. The Bertz CT molecular complexity index is 479. The minimum atomic E-state index is -0.274. The molecular formula is C17H22FN. The van der Waals surface area contributed by atoms with Gasteiger partial charge >= 0.3 is 0 Å².